The van der Waals surface area contributed by atoms with Crippen molar-refractivity contribution in [2.24, 2.45) is 17.8 Å². The number of hydrogen-bond acceptors (Lipinski definition) is 3. The van der Waals surface area contributed by atoms with Crippen molar-refractivity contribution >= 4 is 12.1 Å². The number of allylic oxidation sites excluding steroid dienone is 2. The van der Waals surface area contributed by atoms with E-state index >= 15 is 0 Å². The van der Waals surface area contributed by atoms with Gasteiger partial charge in [0.15, 0.2) is 0 Å². The number of carbonyl (C=O) groups is 2. The molecule has 0 heterocycles. The Labute approximate surface area is 160 Å². The smallest absolute Gasteiger partial charge is 0.407 e. The number of hydrogen-bond donors (Lipinski definition) is 2. The first-order chi connectivity index (χ1) is 13.1. The van der Waals surface area contributed by atoms with Crippen LogP contribution in [0.1, 0.15) is 50.5 Å². The van der Waals surface area contributed by atoms with Gasteiger partial charge in [0.2, 0.25) is 0 Å². The van der Waals surface area contributed by atoms with E-state index in [9.17, 15) is 9.59 Å². The van der Waals surface area contributed by atoms with E-state index < -0.39 is 5.97 Å². The van der Waals surface area contributed by atoms with E-state index in [0.717, 1.165) is 18.4 Å². The van der Waals surface area contributed by atoms with Crippen LogP contribution in [0.25, 0.3) is 0 Å². The maximum atomic E-state index is 12.3. The van der Waals surface area contributed by atoms with Gasteiger partial charge in [0, 0.05) is 12.5 Å². The molecular formula is C22H29NO4. The van der Waals surface area contributed by atoms with Crippen LogP contribution in [-0.2, 0) is 16.1 Å². The van der Waals surface area contributed by atoms with Crippen LogP contribution >= 0.6 is 0 Å². The molecule has 1 aromatic carbocycles. The average molecular weight is 371 g/mol. The zero-order valence-corrected chi connectivity index (χ0v) is 15.7. The molecule has 0 saturated heterocycles. The molecule has 3 rings (SSSR count). The first kappa shape index (κ1) is 19.5. The monoisotopic (exact) mass is 371 g/mol. The maximum absolute atomic E-state index is 12.3. The van der Waals surface area contributed by atoms with Gasteiger partial charge < -0.3 is 15.2 Å². The van der Waals surface area contributed by atoms with Gasteiger partial charge in [-0.2, -0.15) is 0 Å². The van der Waals surface area contributed by atoms with Gasteiger partial charge in [-0.05, 0) is 61.8 Å². The number of carbonyl (C=O) groups excluding carboxylic acids is 1. The predicted molar refractivity (Wildman–Crippen MR) is 103 cm³/mol. The van der Waals surface area contributed by atoms with Gasteiger partial charge in [-0.3, -0.25) is 4.79 Å². The molecule has 5 heteroatoms. The summed E-state index contributed by atoms with van der Waals surface area (Å²) < 4.78 is 5.40. The minimum Gasteiger partial charge on any atom is -0.481 e. The van der Waals surface area contributed by atoms with E-state index in [2.05, 4.69) is 17.5 Å². The summed E-state index contributed by atoms with van der Waals surface area (Å²) in [6.45, 7) is 0.293. The van der Waals surface area contributed by atoms with Crippen LogP contribution in [0.4, 0.5) is 4.79 Å². The lowest BCUT2D eigenvalue weighted by atomic mass is 9.82. The van der Waals surface area contributed by atoms with Crippen LogP contribution in [0.3, 0.4) is 0 Å². The molecule has 2 N–H and O–H groups in total. The number of alkyl carbamates (subject to hydrolysis) is 1. The van der Waals surface area contributed by atoms with Crippen LogP contribution in [0.2, 0.25) is 0 Å². The Morgan fingerprint density at radius 2 is 1.93 bits per heavy atom. The third-order valence-electron chi connectivity index (χ3n) is 5.92. The highest BCUT2D eigenvalue weighted by Crippen LogP contribution is 2.49. The quantitative estimate of drug-likeness (QED) is 0.494. The second kappa shape index (κ2) is 9.58. The van der Waals surface area contributed by atoms with E-state index in [1.54, 1.807) is 0 Å². The Kier molecular flexibility index (Phi) is 6.91. The first-order valence-corrected chi connectivity index (χ1v) is 9.97. The fraction of sp³-hybridized carbons (Fsp3) is 0.545. The van der Waals surface area contributed by atoms with Gasteiger partial charge in [-0.15, -0.1) is 0 Å². The normalized spacial score (nSPS) is 26.4. The van der Waals surface area contributed by atoms with Crippen LogP contribution in [0.5, 0.6) is 0 Å². The highest BCUT2D eigenvalue weighted by atomic mass is 16.5. The van der Waals surface area contributed by atoms with Gasteiger partial charge in [0.25, 0.3) is 0 Å². The van der Waals surface area contributed by atoms with Crippen molar-refractivity contribution < 1.29 is 19.4 Å². The lowest BCUT2D eigenvalue weighted by Gasteiger charge is -2.30. The summed E-state index contributed by atoms with van der Waals surface area (Å²) in [5.41, 5.74) is 0.987. The number of carboxylic acid groups (broad SMARTS) is 1. The summed E-state index contributed by atoms with van der Waals surface area (Å²) >= 11 is 0. The number of carboxylic acids is 1. The zero-order chi connectivity index (χ0) is 19.1. The number of unbranched alkanes of at least 4 members (excludes halogenated alkanes) is 1. The van der Waals surface area contributed by atoms with Gasteiger partial charge in [0.05, 0.1) is 0 Å². The van der Waals surface area contributed by atoms with Crippen LogP contribution in [0.15, 0.2) is 42.5 Å². The highest BCUT2D eigenvalue weighted by molar-refractivity contribution is 5.68. The molecule has 2 aliphatic carbocycles. The average Bonchev–Trinajstić information content (AvgIpc) is 3.26. The molecule has 0 radical (unpaired) electrons. The highest BCUT2D eigenvalue weighted by Gasteiger charge is 2.47. The van der Waals surface area contributed by atoms with Crippen molar-refractivity contribution in [3.05, 3.63) is 48.0 Å². The summed E-state index contributed by atoms with van der Waals surface area (Å²) in [6, 6.07) is 9.90. The first-order valence-electron chi connectivity index (χ1n) is 9.97. The topological polar surface area (TPSA) is 75.6 Å². The molecule has 0 spiro atoms. The molecule has 2 saturated carbocycles. The summed E-state index contributed by atoms with van der Waals surface area (Å²) in [5.74, 6) is 0.960. The van der Waals surface area contributed by atoms with Crippen LogP contribution in [-0.4, -0.2) is 23.2 Å². The van der Waals surface area contributed by atoms with E-state index in [1.165, 1.54) is 19.3 Å². The van der Waals surface area contributed by atoms with E-state index in [0.29, 0.717) is 30.8 Å². The van der Waals surface area contributed by atoms with Crippen molar-refractivity contribution in [3.63, 3.8) is 0 Å². The summed E-state index contributed by atoms with van der Waals surface area (Å²) in [6.07, 6.45) is 10.2. The largest absolute Gasteiger partial charge is 0.481 e. The Bertz CT molecular complexity index is 658. The Hall–Kier alpha value is -2.30. The number of amides is 1. The van der Waals surface area contributed by atoms with Crippen LogP contribution < -0.4 is 5.32 Å². The number of benzene rings is 1. The Morgan fingerprint density at radius 3 is 2.70 bits per heavy atom. The summed E-state index contributed by atoms with van der Waals surface area (Å²) in [4.78, 5) is 22.8. The standard InChI is InChI=1S/C22H29NO4/c24-20(25)11-7-2-1-6-10-19-17-12-13-18(14-17)21(19)23-22(26)27-15-16-8-4-3-5-9-16/h1,3-6,8-9,17-19,21H,2,7,10-15H2,(H,23,26)(H,24,25)/b6-1-/t17-,18+,19+,21+/m1/s1. The summed E-state index contributed by atoms with van der Waals surface area (Å²) in [5, 5.41) is 11.8. The molecule has 0 aliphatic heterocycles. The Balaban J connectivity index is 1.45. The molecule has 1 amide bonds. The van der Waals surface area contributed by atoms with Crippen molar-refractivity contribution in [3.8, 4) is 0 Å². The predicted octanol–water partition coefficient (Wildman–Crippen LogP) is 4.53. The molecule has 146 valence electrons. The third-order valence-corrected chi connectivity index (χ3v) is 5.92. The lowest BCUT2D eigenvalue weighted by molar-refractivity contribution is -0.137. The molecular weight excluding hydrogens is 342 g/mol. The minimum absolute atomic E-state index is 0.190. The minimum atomic E-state index is -0.741. The van der Waals surface area contributed by atoms with Gasteiger partial charge in [-0.25, -0.2) is 4.79 Å². The Morgan fingerprint density at radius 1 is 1.15 bits per heavy atom. The molecule has 5 nitrogen and oxygen atoms in total. The molecule has 1 aromatic rings. The maximum Gasteiger partial charge on any atom is 0.407 e. The number of aliphatic carboxylic acids is 1. The second-order valence-corrected chi connectivity index (χ2v) is 7.72. The molecule has 2 fully saturated rings. The fourth-order valence-electron chi connectivity index (χ4n) is 4.62. The van der Waals surface area contributed by atoms with E-state index in [4.69, 9.17) is 9.84 Å². The summed E-state index contributed by atoms with van der Waals surface area (Å²) in [7, 11) is 0. The SMILES string of the molecule is O=C(O)CCC/C=C\C[C@H]1[C@@H]2CC[C@@H](C2)[C@@H]1NC(=O)OCc1ccccc1. The molecule has 2 bridgehead atoms. The van der Waals surface area contributed by atoms with Crippen molar-refractivity contribution in [2.75, 3.05) is 0 Å². The van der Waals surface area contributed by atoms with Gasteiger partial charge >= 0.3 is 12.1 Å². The second-order valence-electron chi connectivity index (χ2n) is 7.72. The van der Waals surface area contributed by atoms with Gasteiger partial charge in [0.1, 0.15) is 6.61 Å². The molecule has 0 aromatic heterocycles. The number of fused-ring (bicyclic) bond motifs is 2. The number of rotatable bonds is 9. The van der Waals surface area contributed by atoms with Crippen LogP contribution in [0, 0.1) is 17.8 Å². The molecule has 2 aliphatic rings. The fourth-order valence-corrected chi connectivity index (χ4v) is 4.62. The van der Waals surface area contributed by atoms with Gasteiger partial charge in [-0.1, -0.05) is 42.5 Å². The third kappa shape index (κ3) is 5.59. The number of nitrogens with one attached hydrogen (secondary N) is 1. The van der Waals surface area contributed by atoms with E-state index in [1.807, 2.05) is 30.3 Å². The van der Waals surface area contributed by atoms with Crippen molar-refractivity contribution in [1.82, 2.24) is 5.32 Å². The van der Waals surface area contributed by atoms with Crippen molar-refractivity contribution in [1.29, 1.82) is 0 Å². The number of ether oxygens (including phenoxy) is 1. The van der Waals surface area contributed by atoms with Crippen molar-refractivity contribution in [2.45, 2.75) is 57.6 Å². The zero-order valence-electron chi connectivity index (χ0n) is 15.7. The molecule has 0 unspecified atom stereocenters. The van der Waals surface area contributed by atoms with E-state index in [-0.39, 0.29) is 18.6 Å². The molecule has 4 atom stereocenters. The lowest BCUT2D eigenvalue weighted by Crippen LogP contribution is -2.44. The molecule has 27 heavy (non-hydrogen) atoms.